The number of aliphatic carboxylic acids is 1. The third kappa shape index (κ3) is 4.20. The van der Waals surface area contributed by atoms with Gasteiger partial charge < -0.3 is 5.11 Å². The van der Waals surface area contributed by atoms with Gasteiger partial charge in [0.25, 0.3) is 10.2 Å². The quantitative estimate of drug-likeness (QED) is 0.648. The number of carbonyl (C=O) groups is 1. The molecule has 0 amide bonds. The van der Waals surface area contributed by atoms with Gasteiger partial charge in [0.05, 0.1) is 0 Å². The highest BCUT2D eigenvalue weighted by Crippen LogP contribution is 2.14. The van der Waals surface area contributed by atoms with E-state index < -0.39 is 28.3 Å². The third-order valence-corrected chi connectivity index (χ3v) is 2.63. The minimum atomic E-state index is -3.97. The molecule has 0 bridgehead atoms. The molecule has 0 radical (unpaired) electrons. The van der Waals surface area contributed by atoms with Crippen molar-refractivity contribution in [2.24, 2.45) is 5.14 Å². The van der Waals surface area contributed by atoms with Crippen molar-refractivity contribution >= 4 is 16.2 Å². The molecule has 0 aromatic carbocycles. The molecule has 0 aromatic heterocycles. The summed E-state index contributed by atoms with van der Waals surface area (Å²) in [6.07, 6.45) is 0. The van der Waals surface area contributed by atoms with Gasteiger partial charge in [-0.15, -0.1) is 0 Å². The first-order valence-electron chi connectivity index (χ1n) is 3.57. The maximum absolute atomic E-state index is 11.0. The monoisotopic (exact) mass is 210 g/mol. The summed E-state index contributed by atoms with van der Waals surface area (Å²) >= 11 is 0. The van der Waals surface area contributed by atoms with Crippen LogP contribution in [0.5, 0.6) is 0 Å². The zero-order chi connectivity index (χ0) is 10.9. The van der Waals surface area contributed by atoms with E-state index in [0.29, 0.717) is 0 Å². The molecule has 0 rings (SSSR count). The van der Waals surface area contributed by atoms with Gasteiger partial charge in [-0.1, -0.05) is 0 Å². The second kappa shape index (κ2) is 3.60. The van der Waals surface area contributed by atoms with Crippen LogP contribution >= 0.6 is 0 Å². The predicted octanol–water partition coefficient (Wildman–Crippen LogP) is -0.625. The molecule has 0 saturated carbocycles. The summed E-state index contributed by atoms with van der Waals surface area (Å²) in [5.41, 5.74) is -0.827. The first-order chi connectivity index (χ1) is 5.55. The van der Waals surface area contributed by atoms with Crippen LogP contribution in [0.3, 0.4) is 0 Å². The Labute approximate surface area is 77.5 Å². The minimum Gasteiger partial charge on any atom is -0.480 e. The number of hydrogen-bond acceptors (Lipinski definition) is 3. The molecule has 78 valence electrons. The zero-order valence-electron chi connectivity index (χ0n) is 7.81. The molecule has 0 saturated heterocycles. The van der Waals surface area contributed by atoms with Gasteiger partial charge in [-0.25, -0.2) is 5.14 Å². The lowest BCUT2D eigenvalue weighted by atomic mass is 10.1. The standard InChI is InChI=1S/C6H14N2O4S/c1-6(2,3)8(4-5(9)10)13(7,11)12/h4H2,1-3H3,(H,9,10)(H2,7,11,12). The van der Waals surface area contributed by atoms with Crippen LogP contribution < -0.4 is 5.14 Å². The summed E-state index contributed by atoms with van der Waals surface area (Å²) in [5, 5.41) is 13.3. The van der Waals surface area contributed by atoms with Crippen LogP contribution in [0.15, 0.2) is 0 Å². The van der Waals surface area contributed by atoms with E-state index in [-0.39, 0.29) is 0 Å². The van der Waals surface area contributed by atoms with Gasteiger partial charge >= 0.3 is 5.97 Å². The molecule has 6 nitrogen and oxygen atoms in total. The predicted molar refractivity (Wildman–Crippen MR) is 47.2 cm³/mol. The van der Waals surface area contributed by atoms with Crippen molar-refractivity contribution in [3.05, 3.63) is 0 Å². The van der Waals surface area contributed by atoms with E-state index in [9.17, 15) is 13.2 Å². The molecule has 0 aliphatic carbocycles. The second-order valence-corrected chi connectivity index (χ2v) is 5.09. The Balaban J connectivity index is 4.90. The van der Waals surface area contributed by atoms with Crippen LogP contribution in [0.25, 0.3) is 0 Å². The van der Waals surface area contributed by atoms with Crippen molar-refractivity contribution in [3.63, 3.8) is 0 Å². The average molecular weight is 210 g/mol. The molecule has 0 aliphatic rings. The first kappa shape index (κ1) is 12.3. The number of nitrogens with two attached hydrogens (primary N) is 1. The minimum absolute atomic E-state index is 0.623. The van der Waals surface area contributed by atoms with E-state index in [4.69, 9.17) is 10.2 Å². The molecule has 0 aliphatic heterocycles. The fourth-order valence-electron chi connectivity index (χ4n) is 0.832. The Bertz CT molecular complexity index is 290. The Morgan fingerprint density at radius 1 is 1.46 bits per heavy atom. The van der Waals surface area contributed by atoms with Gasteiger partial charge in [0.1, 0.15) is 6.54 Å². The number of carboxylic acid groups (broad SMARTS) is 1. The zero-order valence-corrected chi connectivity index (χ0v) is 8.63. The van der Waals surface area contributed by atoms with Crippen LogP contribution in [-0.4, -0.2) is 35.9 Å². The lowest BCUT2D eigenvalue weighted by Gasteiger charge is -2.31. The highest BCUT2D eigenvalue weighted by molar-refractivity contribution is 7.86. The van der Waals surface area contributed by atoms with Crippen molar-refractivity contribution in [1.82, 2.24) is 4.31 Å². The van der Waals surface area contributed by atoms with Gasteiger partial charge in [0, 0.05) is 5.54 Å². The topological polar surface area (TPSA) is 101 Å². The number of nitrogens with zero attached hydrogens (tertiary/aromatic N) is 1. The Morgan fingerprint density at radius 2 is 1.85 bits per heavy atom. The molecule has 0 fully saturated rings. The number of hydrogen-bond donors (Lipinski definition) is 2. The van der Waals surface area contributed by atoms with Gasteiger partial charge in [-0.05, 0) is 20.8 Å². The Morgan fingerprint density at radius 3 is 1.92 bits per heavy atom. The SMILES string of the molecule is CC(C)(C)N(CC(=O)O)S(N)(=O)=O. The summed E-state index contributed by atoms with van der Waals surface area (Å²) in [4.78, 5) is 10.3. The average Bonchev–Trinajstić information content (AvgIpc) is 1.77. The molecule has 0 aromatic rings. The highest BCUT2D eigenvalue weighted by atomic mass is 32.2. The Kier molecular flexibility index (Phi) is 3.42. The summed E-state index contributed by atoms with van der Waals surface area (Å²) in [6.45, 7) is 4.09. The molecule has 0 spiro atoms. The maximum atomic E-state index is 11.0. The van der Waals surface area contributed by atoms with Crippen molar-refractivity contribution < 1.29 is 18.3 Å². The van der Waals surface area contributed by atoms with Crippen LogP contribution in [-0.2, 0) is 15.0 Å². The van der Waals surface area contributed by atoms with Crippen LogP contribution in [0.1, 0.15) is 20.8 Å². The fraction of sp³-hybridized carbons (Fsp3) is 0.833. The van der Waals surface area contributed by atoms with E-state index in [1.807, 2.05) is 0 Å². The fourth-order valence-corrected chi connectivity index (χ4v) is 1.89. The lowest BCUT2D eigenvalue weighted by Crippen LogP contribution is -2.50. The van der Waals surface area contributed by atoms with Crippen LogP contribution in [0.4, 0.5) is 0 Å². The lowest BCUT2D eigenvalue weighted by molar-refractivity contribution is -0.138. The first-order valence-corrected chi connectivity index (χ1v) is 5.08. The Hall–Kier alpha value is -0.660. The van der Waals surface area contributed by atoms with Gasteiger partial charge in [0.2, 0.25) is 0 Å². The molecule has 0 unspecified atom stereocenters. The summed E-state index contributed by atoms with van der Waals surface area (Å²) in [5.74, 6) is -1.23. The van der Waals surface area contributed by atoms with Crippen molar-refractivity contribution in [3.8, 4) is 0 Å². The van der Waals surface area contributed by atoms with Crippen molar-refractivity contribution in [2.75, 3.05) is 6.54 Å². The van der Waals surface area contributed by atoms with E-state index >= 15 is 0 Å². The van der Waals surface area contributed by atoms with E-state index in [1.165, 1.54) is 0 Å². The number of rotatable bonds is 3. The van der Waals surface area contributed by atoms with E-state index in [2.05, 4.69) is 0 Å². The van der Waals surface area contributed by atoms with E-state index in [0.717, 1.165) is 4.31 Å². The molecule has 3 N–H and O–H groups in total. The summed E-state index contributed by atoms with van der Waals surface area (Å²) < 4.78 is 22.6. The van der Waals surface area contributed by atoms with E-state index in [1.54, 1.807) is 20.8 Å². The smallest absolute Gasteiger partial charge is 0.318 e. The molecular weight excluding hydrogens is 196 g/mol. The summed E-state index contributed by atoms with van der Waals surface area (Å²) in [6, 6.07) is 0. The van der Waals surface area contributed by atoms with Crippen LogP contribution in [0, 0.1) is 0 Å². The van der Waals surface area contributed by atoms with Gasteiger partial charge in [-0.2, -0.15) is 12.7 Å². The normalized spacial score (nSPS) is 13.3. The molecule has 7 heteroatoms. The highest BCUT2D eigenvalue weighted by Gasteiger charge is 2.31. The molecule has 0 heterocycles. The van der Waals surface area contributed by atoms with Gasteiger partial charge in [-0.3, -0.25) is 4.79 Å². The number of carboxylic acids is 1. The third-order valence-electron chi connectivity index (χ3n) is 1.33. The summed E-state index contributed by atoms with van der Waals surface area (Å²) in [7, 11) is -3.97. The second-order valence-electron chi connectivity index (χ2n) is 3.62. The van der Waals surface area contributed by atoms with Crippen molar-refractivity contribution in [2.45, 2.75) is 26.3 Å². The van der Waals surface area contributed by atoms with Crippen molar-refractivity contribution in [1.29, 1.82) is 0 Å². The molecule has 0 atom stereocenters. The van der Waals surface area contributed by atoms with Crippen LogP contribution in [0.2, 0.25) is 0 Å². The molecule has 13 heavy (non-hydrogen) atoms. The van der Waals surface area contributed by atoms with Gasteiger partial charge in [0.15, 0.2) is 0 Å². The largest absolute Gasteiger partial charge is 0.480 e. The molecular formula is C6H14N2O4S. The maximum Gasteiger partial charge on any atom is 0.318 e.